The van der Waals surface area contributed by atoms with Gasteiger partial charge in [0.15, 0.2) is 0 Å². The van der Waals surface area contributed by atoms with Crippen LogP contribution in [0.3, 0.4) is 0 Å². The zero-order valence-corrected chi connectivity index (χ0v) is 13.4. The number of ether oxygens (including phenoxy) is 1. The summed E-state index contributed by atoms with van der Waals surface area (Å²) in [6, 6.07) is 2.37. The normalized spacial score (nSPS) is 25.4. The van der Waals surface area contributed by atoms with Gasteiger partial charge in [-0.15, -0.1) is 0 Å². The summed E-state index contributed by atoms with van der Waals surface area (Å²) in [6.07, 6.45) is -4.40. The largest absolute Gasteiger partial charge is 0.493 e. The molecule has 0 aliphatic carbocycles. The minimum atomic E-state index is -4.72. The molecule has 0 aromatic heterocycles. The molecule has 0 saturated carbocycles. The van der Waals surface area contributed by atoms with Crippen molar-refractivity contribution in [2.24, 2.45) is 11.8 Å². The van der Waals surface area contributed by atoms with Crippen LogP contribution in [-0.4, -0.2) is 47.9 Å². The molecule has 1 unspecified atom stereocenters. The lowest BCUT2D eigenvalue weighted by molar-refractivity contribution is -0.187. The van der Waals surface area contributed by atoms with Crippen molar-refractivity contribution in [3.63, 3.8) is 0 Å². The van der Waals surface area contributed by atoms with E-state index in [9.17, 15) is 27.2 Å². The molecule has 1 saturated heterocycles. The first-order valence-corrected chi connectivity index (χ1v) is 7.94. The second kappa shape index (κ2) is 6.65. The lowest BCUT2D eigenvalue weighted by atomic mass is 9.96. The zero-order valence-electron chi connectivity index (χ0n) is 13.4. The third-order valence-electron chi connectivity index (χ3n) is 4.65. The summed E-state index contributed by atoms with van der Waals surface area (Å²) in [6.45, 7) is -1.01. The van der Waals surface area contributed by atoms with Crippen LogP contribution in [0.25, 0.3) is 0 Å². The van der Waals surface area contributed by atoms with Gasteiger partial charge in [-0.3, -0.25) is 4.79 Å². The second-order valence-corrected chi connectivity index (χ2v) is 6.32. The van der Waals surface area contributed by atoms with Crippen LogP contribution in [0.1, 0.15) is 18.0 Å². The van der Waals surface area contributed by atoms with Gasteiger partial charge in [-0.05, 0) is 18.2 Å². The number of fused-ring (bicyclic) bond motifs is 1. The van der Waals surface area contributed by atoms with Gasteiger partial charge in [0.1, 0.15) is 11.6 Å². The second-order valence-electron chi connectivity index (χ2n) is 6.32. The highest BCUT2D eigenvalue weighted by Gasteiger charge is 2.53. The molecule has 2 aliphatic heterocycles. The van der Waals surface area contributed by atoms with Gasteiger partial charge < -0.3 is 20.1 Å². The number of nitrogens with zero attached hydrogens (tertiary/aromatic N) is 1. The summed E-state index contributed by atoms with van der Waals surface area (Å²) in [7, 11) is 0. The molecular formula is C16H16F4N2O4. The number of nitrogens with one attached hydrogen (secondary N) is 1. The highest BCUT2D eigenvalue weighted by molar-refractivity contribution is 5.78. The Balaban J connectivity index is 1.74. The Bertz CT molecular complexity index is 725. The number of halogens is 4. The summed E-state index contributed by atoms with van der Waals surface area (Å²) in [5.74, 6) is -5.56. The number of hydrogen-bond donors (Lipinski definition) is 2. The quantitative estimate of drug-likeness (QED) is 0.778. The van der Waals surface area contributed by atoms with Crippen LogP contribution in [0.2, 0.25) is 0 Å². The van der Waals surface area contributed by atoms with Crippen LogP contribution in [0.4, 0.5) is 22.4 Å². The highest BCUT2D eigenvalue weighted by atomic mass is 19.4. The third kappa shape index (κ3) is 3.54. The van der Waals surface area contributed by atoms with E-state index in [0.29, 0.717) is 17.7 Å². The fourth-order valence-electron chi connectivity index (χ4n) is 3.31. The predicted octanol–water partition coefficient (Wildman–Crippen LogP) is 2.55. The third-order valence-corrected chi connectivity index (χ3v) is 4.65. The van der Waals surface area contributed by atoms with Crippen molar-refractivity contribution in [1.82, 2.24) is 10.2 Å². The van der Waals surface area contributed by atoms with Gasteiger partial charge in [0.25, 0.3) is 0 Å². The number of carbonyl (C=O) groups is 2. The average Bonchev–Trinajstić information content (AvgIpc) is 3.01. The molecular weight excluding hydrogens is 360 g/mol. The SMILES string of the molecule is O=C(O)[C@@H]1CN(C(=O)NC2CCOc3ccc(F)cc32)C[C@H]1C(F)(F)F. The van der Waals surface area contributed by atoms with Crippen molar-refractivity contribution in [1.29, 1.82) is 0 Å². The number of rotatable bonds is 2. The Kier molecular flexibility index (Phi) is 4.68. The van der Waals surface area contributed by atoms with E-state index in [1.165, 1.54) is 18.2 Å². The van der Waals surface area contributed by atoms with E-state index in [4.69, 9.17) is 9.84 Å². The molecule has 2 aliphatic rings. The number of likely N-dealkylation sites (tertiary alicyclic amines) is 1. The van der Waals surface area contributed by atoms with Crippen LogP contribution in [0.5, 0.6) is 5.75 Å². The van der Waals surface area contributed by atoms with Gasteiger partial charge in [-0.25, -0.2) is 9.18 Å². The molecule has 10 heteroatoms. The molecule has 1 fully saturated rings. The fourth-order valence-corrected chi connectivity index (χ4v) is 3.31. The molecule has 1 aromatic rings. The number of carboxylic acids is 1. The summed E-state index contributed by atoms with van der Waals surface area (Å²) < 4.78 is 57.9. The molecule has 6 nitrogen and oxygen atoms in total. The van der Waals surface area contributed by atoms with Crippen molar-refractivity contribution < 1.29 is 37.0 Å². The number of hydrogen-bond acceptors (Lipinski definition) is 3. The van der Waals surface area contributed by atoms with Crippen LogP contribution < -0.4 is 10.1 Å². The van der Waals surface area contributed by atoms with Gasteiger partial charge >= 0.3 is 18.2 Å². The van der Waals surface area contributed by atoms with E-state index in [0.717, 1.165) is 4.90 Å². The van der Waals surface area contributed by atoms with Crippen molar-refractivity contribution in [2.75, 3.05) is 19.7 Å². The van der Waals surface area contributed by atoms with Crippen LogP contribution in [0.15, 0.2) is 18.2 Å². The Morgan fingerprint density at radius 3 is 2.62 bits per heavy atom. The van der Waals surface area contributed by atoms with E-state index >= 15 is 0 Å². The molecule has 3 atom stereocenters. The fraction of sp³-hybridized carbons (Fsp3) is 0.500. The molecule has 1 aromatic carbocycles. The highest BCUT2D eigenvalue weighted by Crippen LogP contribution is 2.38. The maximum absolute atomic E-state index is 13.5. The topological polar surface area (TPSA) is 78.9 Å². The molecule has 0 radical (unpaired) electrons. The summed E-state index contributed by atoms with van der Waals surface area (Å²) in [4.78, 5) is 24.3. The molecule has 0 spiro atoms. The van der Waals surface area contributed by atoms with Crippen molar-refractivity contribution in [3.8, 4) is 5.75 Å². The van der Waals surface area contributed by atoms with Gasteiger partial charge in [0.05, 0.1) is 24.5 Å². The first-order chi connectivity index (χ1) is 12.2. The smallest absolute Gasteiger partial charge is 0.394 e. The van der Waals surface area contributed by atoms with E-state index in [-0.39, 0.29) is 6.61 Å². The Hall–Kier alpha value is -2.52. The lowest BCUT2D eigenvalue weighted by Gasteiger charge is -2.28. The number of carbonyl (C=O) groups excluding carboxylic acids is 1. The van der Waals surface area contributed by atoms with Gasteiger partial charge in [-0.2, -0.15) is 13.2 Å². The van der Waals surface area contributed by atoms with E-state index < -0.39 is 55.0 Å². The Morgan fingerprint density at radius 2 is 2.00 bits per heavy atom. The van der Waals surface area contributed by atoms with Gasteiger partial charge in [0, 0.05) is 25.1 Å². The van der Waals surface area contributed by atoms with Crippen molar-refractivity contribution in [2.45, 2.75) is 18.6 Å². The Morgan fingerprint density at radius 1 is 1.27 bits per heavy atom. The molecule has 26 heavy (non-hydrogen) atoms. The number of carboxylic acid groups (broad SMARTS) is 1. The van der Waals surface area contributed by atoms with E-state index in [1.54, 1.807) is 0 Å². The summed E-state index contributed by atoms with van der Waals surface area (Å²) in [5.41, 5.74) is 0.394. The van der Waals surface area contributed by atoms with E-state index in [1.807, 2.05) is 0 Å². The average molecular weight is 376 g/mol. The van der Waals surface area contributed by atoms with Crippen molar-refractivity contribution in [3.05, 3.63) is 29.6 Å². The molecule has 142 valence electrons. The van der Waals surface area contributed by atoms with Crippen molar-refractivity contribution >= 4 is 12.0 Å². The molecule has 3 rings (SSSR count). The predicted molar refractivity (Wildman–Crippen MR) is 80.0 cm³/mol. The first kappa shape index (κ1) is 18.3. The van der Waals surface area contributed by atoms with Gasteiger partial charge in [-0.1, -0.05) is 0 Å². The molecule has 2 N–H and O–H groups in total. The summed E-state index contributed by atoms with van der Waals surface area (Å²) in [5, 5.41) is 11.6. The zero-order chi connectivity index (χ0) is 19.1. The number of benzene rings is 1. The minimum Gasteiger partial charge on any atom is -0.493 e. The van der Waals surface area contributed by atoms with Crippen LogP contribution in [0, 0.1) is 17.7 Å². The first-order valence-electron chi connectivity index (χ1n) is 7.94. The maximum atomic E-state index is 13.5. The molecule has 0 bridgehead atoms. The lowest BCUT2D eigenvalue weighted by Crippen LogP contribution is -2.42. The number of aliphatic carboxylic acids is 1. The van der Waals surface area contributed by atoms with Crippen LogP contribution in [-0.2, 0) is 4.79 Å². The van der Waals surface area contributed by atoms with Gasteiger partial charge in [0.2, 0.25) is 0 Å². The maximum Gasteiger partial charge on any atom is 0.394 e. The monoisotopic (exact) mass is 376 g/mol. The number of alkyl halides is 3. The minimum absolute atomic E-state index is 0.256. The van der Waals surface area contributed by atoms with E-state index in [2.05, 4.69) is 5.32 Å². The standard InChI is InChI=1S/C16H16F4N2O4/c17-8-1-2-13-9(5-8)12(3-4-26-13)21-15(25)22-6-10(14(23)24)11(7-22)16(18,19)20/h1-2,5,10-12H,3-4,6-7H2,(H,21,25)(H,23,24)/t10-,11-,12?/m1/s1. The molecule has 2 amide bonds. The number of amides is 2. The summed E-state index contributed by atoms with van der Waals surface area (Å²) >= 11 is 0. The van der Waals surface area contributed by atoms with Crippen LogP contribution >= 0.6 is 0 Å². The molecule has 2 heterocycles. The number of urea groups is 1. The Labute approximate surface area is 145 Å².